The van der Waals surface area contributed by atoms with E-state index < -0.39 is 0 Å². The zero-order valence-corrected chi connectivity index (χ0v) is 16.1. The number of rotatable bonds is 13. The standard InChI is InChI=1S/C20H34N2O3/c1-16(2)15-18-5-7-19(8-6-18)20(23)22-10-12-25-14-13-24-11-9-21-17(3)4/h5-8,16-17,21H,9-15H2,1-4H3,(H,22,23). The number of hydrogen-bond donors (Lipinski definition) is 2. The van der Waals surface area contributed by atoms with Gasteiger partial charge in [-0.1, -0.05) is 39.8 Å². The molecule has 0 aliphatic carbocycles. The van der Waals surface area contributed by atoms with Gasteiger partial charge in [-0.2, -0.15) is 0 Å². The SMILES string of the molecule is CC(C)Cc1ccc(C(=O)NCCOCCOCCNC(C)C)cc1. The third kappa shape index (κ3) is 10.9. The molecule has 5 nitrogen and oxygen atoms in total. The van der Waals surface area contributed by atoms with Crippen molar-refractivity contribution < 1.29 is 14.3 Å². The van der Waals surface area contributed by atoms with E-state index in [1.54, 1.807) is 0 Å². The Labute approximate surface area is 152 Å². The van der Waals surface area contributed by atoms with Crippen LogP contribution in [0.1, 0.15) is 43.6 Å². The van der Waals surface area contributed by atoms with Crippen LogP contribution < -0.4 is 10.6 Å². The molecule has 0 saturated heterocycles. The highest BCUT2D eigenvalue weighted by atomic mass is 16.5. The molecule has 0 bridgehead atoms. The number of amides is 1. The fourth-order valence-electron chi connectivity index (χ4n) is 2.34. The molecule has 0 spiro atoms. The molecule has 0 atom stereocenters. The van der Waals surface area contributed by atoms with E-state index in [0.717, 1.165) is 13.0 Å². The van der Waals surface area contributed by atoms with E-state index >= 15 is 0 Å². The summed E-state index contributed by atoms with van der Waals surface area (Å²) in [7, 11) is 0. The van der Waals surface area contributed by atoms with Crippen LogP contribution in [0.2, 0.25) is 0 Å². The van der Waals surface area contributed by atoms with Gasteiger partial charge in [0.1, 0.15) is 0 Å². The summed E-state index contributed by atoms with van der Waals surface area (Å²) in [5.74, 6) is 0.558. The highest BCUT2D eigenvalue weighted by Gasteiger charge is 2.05. The molecular weight excluding hydrogens is 316 g/mol. The second kappa shape index (κ2) is 12.9. The van der Waals surface area contributed by atoms with E-state index in [9.17, 15) is 4.79 Å². The van der Waals surface area contributed by atoms with E-state index in [-0.39, 0.29) is 5.91 Å². The molecule has 25 heavy (non-hydrogen) atoms. The van der Waals surface area contributed by atoms with Crippen LogP contribution in [0.25, 0.3) is 0 Å². The van der Waals surface area contributed by atoms with Crippen molar-refractivity contribution in [1.29, 1.82) is 0 Å². The van der Waals surface area contributed by atoms with Crippen LogP contribution >= 0.6 is 0 Å². The number of nitrogens with one attached hydrogen (secondary N) is 2. The number of ether oxygens (including phenoxy) is 2. The second-order valence-corrected chi connectivity index (χ2v) is 6.88. The van der Waals surface area contributed by atoms with Crippen molar-refractivity contribution in [3.05, 3.63) is 35.4 Å². The lowest BCUT2D eigenvalue weighted by Crippen LogP contribution is -2.28. The van der Waals surface area contributed by atoms with Crippen LogP contribution in [-0.4, -0.2) is 51.5 Å². The molecule has 0 aliphatic heterocycles. The van der Waals surface area contributed by atoms with Crippen molar-refractivity contribution in [2.45, 2.75) is 40.2 Å². The van der Waals surface area contributed by atoms with Gasteiger partial charge in [0.25, 0.3) is 5.91 Å². The van der Waals surface area contributed by atoms with Crippen molar-refractivity contribution >= 4 is 5.91 Å². The first-order valence-corrected chi connectivity index (χ1v) is 9.25. The summed E-state index contributed by atoms with van der Waals surface area (Å²) in [5.41, 5.74) is 1.95. The lowest BCUT2D eigenvalue weighted by molar-refractivity contribution is 0.0489. The van der Waals surface area contributed by atoms with Crippen molar-refractivity contribution in [2.24, 2.45) is 5.92 Å². The zero-order valence-electron chi connectivity index (χ0n) is 16.1. The monoisotopic (exact) mass is 350 g/mol. The number of carbonyl (C=O) groups is 1. The van der Waals surface area contributed by atoms with E-state index in [0.29, 0.717) is 50.5 Å². The van der Waals surface area contributed by atoms with Crippen LogP contribution in [0, 0.1) is 5.92 Å². The summed E-state index contributed by atoms with van der Waals surface area (Å²) >= 11 is 0. The maximum atomic E-state index is 12.0. The van der Waals surface area contributed by atoms with Crippen LogP contribution in [0.4, 0.5) is 0 Å². The molecule has 1 aromatic rings. The highest BCUT2D eigenvalue weighted by molar-refractivity contribution is 5.94. The van der Waals surface area contributed by atoms with Gasteiger partial charge < -0.3 is 20.1 Å². The normalized spacial score (nSPS) is 11.3. The average Bonchev–Trinajstić information content (AvgIpc) is 2.56. The Morgan fingerprint density at radius 1 is 0.920 bits per heavy atom. The maximum Gasteiger partial charge on any atom is 0.251 e. The first kappa shape index (κ1) is 21.6. The summed E-state index contributed by atoms with van der Waals surface area (Å²) in [6.45, 7) is 12.2. The third-order valence-electron chi connectivity index (χ3n) is 3.56. The average molecular weight is 351 g/mol. The maximum absolute atomic E-state index is 12.0. The number of hydrogen-bond acceptors (Lipinski definition) is 4. The molecule has 1 aromatic carbocycles. The molecule has 0 fully saturated rings. The first-order chi connectivity index (χ1) is 12.0. The van der Waals surface area contributed by atoms with Gasteiger partial charge in [0.2, 0.25) is 0 Å². The molecule has 142 valence electrons. The van der Waals surface area contributed by atoms with Crippen molar-refractivity contribution in [3.8, 4) is 0 Å². The molecule has 2 N–H and O–H groups in total. The van der Waals surface area contributed by atoms with Crippen molar-refractivity contribution in [2.75, 3.05) is 39.5 Å². The van der Waals surface area contributed by atoms with Gasteiger partial charge in [-0.3, -0.25) is 4.79 Å². The summed E-state index contributed by atoms with van der Waals surface area (Å²) in [5, 5.41) is 6.15. The van der Waals surface area contributed by atoms with Gasteiger partial charge in [-0.25, -0.2) is 0 Å². The Morgan fingerprint density at radius 3 is 2.08 bits per heavy atom. The zero-order chi connectivity index (χ0) is 18.5. The van der Waals surface area contributed by atoms with Gasteiger partial charge in [-0.15, -0.1) is 0 Å². The van der Waals surface area contributed by atoms with Gasteiger partial charge in [0.15, 0.2) is 0 Å². The Hall–Kier alpha value is -1.43. The lowest BCUT2D eigenvalue weighted by atomic mass is 10.0. The van der Waals surface area contributed by atoms with E-state index in [2.05, 4.69) is 38.3 Å². The second-order valence-electron chi connectivity index (χ2n) is 6.88. The first-order valence-electron chi connectivity index (χ1n) is 9.25. The molecule has 5 heteroatoms. The number of benzene rings is 1. The van der Waals surface area contributed by atoms with Crippen molar-refractivity contribution in [1.82, 2.24) is 10.6 Å². The minimum absolute atomic E-state index is 0.0595. The summed E-state index contributed by atoms with van der Waals surface area (Å²) < 4.78 is 10.9. The Bertz CT molecular complexity index is 472. The van der Waals surface area contributed by atoms with Gasteiger partial charge in [0.05, 0.1) is 26.4 Å². The van der Waals surface area contributed by atoms with Gasteiger partial charge >= 0.3 is 0 Å². The predicted molar refractivity (Wildman–Crippen MR) is 102 cm³/mol. The van der Waals surface area contributed by atoms with Crippen LogP contribution in [0.5, 0.6) is 0 Å². The Balaban J connectivity index is 2.05. The molecule has 0 aliphatic rings. The van der Waals surface area contributed by atoms with Crippen LogP contribution in [0.15, 0.2) is 24.3 Å². The molecule has 0 heterocycles. The smallest absolute Gasteiger partial charge is 0.251 e. The van der Waals surface area contributed by atoms with Gasteiger partial charge in [0, 0.05) is 24.7 Å². The minimum atomic E-state index is -0.0595. The number of carbonyl (C=O) groups excluding carboxylic acids is 1. The topological polar surface area (TPSA) is 59.6 Å². The summed E-state index contributed by atoms with van der Waals surface area (Å²) in [6.07, 6.45) is 1.03. The van der Waals surface area contributed by atoms with Crippen LogP contribution in [0.3, 0.4) is 0 Å². The van der Waals surface area contributed by atoms with E-state index in [1.165, 1.54) is 5.56 Å². The minimum Gasteiger partial charge on any atom is -0.378 e. The highest BCUT2D eigenvalue weighted by Crippen LogP contribution is 2.09. The Kier molecular flexibility index (Phi) is 11.1. The van der Waals surface area contributed by atoms with Gasteiger partial charge in [-0.05, 0) is 30.0 Å². The molecule has 0 saturated carbocycles. The fourth-order valence-corrected chi connectivity index (χ4v) is 2.34. The quantitative estimate of drug-likeness (QED) is 0.537. The van der Waals surface area contributed by atoms with E-state index in [4.69, 9.17) is 9.47 Å². The summed E-state index contributed by atoms with van der Waals surface area (Å²) in [6, 6.07) is 8.29. The summed E-state index contributed by atoms with van der Waals surface area (Å²) in [4.78, 5) is 12.0. The van der Waals surface area contributed by atoms with E-state index in [1.807, 2.05) is 24.3 Å². The molecule has 1 rings (SSSR count). The molecule has 0 unspecified atom stereocenters. The molecular formula is C20H34N2O3. The van der Waals surface area contributed by atoms with Crippen LogP contribution in [-0.2, 0) is 15.9 Å². The van der Waals surface area contributed by atoms with Crippen molar-refractivity contribution in [3.63, 3.8) is 0 Å². The fraction of sp³-hybridized carbons (Fsp3) is 0.650. The third-order valence-corrected chi connectivity index (χ3v) is 3.56. The lowest BCUT2D eigenvalue weighted by Gasteiger charge is -2.09. The predicted octanol–water partition coefficient (Wildman–Crippen LogP) is 2.65. The molecule has 0 aromatic heterocycles. The molecule has 1 amide bonds. The Morgan fingerprint density at radius 2 is 1.52 bits per heavy atom. The molecule has 0 radical (unpaired) electrons. The largest absolute Gasteiger partial charge is 0.378 e.